The lowest BCUT2D eigenvalue weighted by Gasteiger charge is -2.25. The van der Waals surface area contributed by atoms with Crippen molar-refractivity contribution in [3.05, 3.63) is 78.4 Å². The predicted octanol–water partition coefficient (Wildman–Crippen LogP) is 4.51. The van der Waals surface area contributed by atoms with Crippen LogP contribution in [0.25, 0.3) is 0 Å². The Morgan fingerprint density at radius 1 is 0.943 bits per heavy atom. The first-order valence-corrected chi connectivity index (χ1v) is 13.5. The van der Waals surface area contributed by atoms with Crippen molar-refractivity contribution in [2.24, 2.45) is 0 Å². The highest BCUT2D eigenvalue weighted by Crippen LogP contribution is 2.32. The summed E-state index contributed by atoms with van der Waals surface area (Å²) < 4.78 is 38.7. The molecule has 186 valence electrons. The number of hydrogen-bond donors (Lipinski definition) is 1. The van der Waals surface area contributed by atoms with E-state index in [4.69, 9.17) is 9.47 Å². The van der Waals surface area contributed by atoms with Crippen LogP contribution in [0.4, 0.5) is 5.69 Å². The van der Waals surface area contributed by atoms with Crippen molar-refractivity contribution in [1.82, 2.24) is 5.32 Å². The van der Waals surface area contributed by atoms with E-state index in [2.05, 4.69) is 29.6 Å². The number of thioether (sulfide) groups is 1. The van der Waals surface area contributed by atoms with Crippen LogP contribution in [0.5, 0.6) is 11.5 Å². The molecule has 0 radical (unpaired) electrons. The fourth-order valence-electron chi connectivity index (χ4n) is 3.32. The maximum atomic E-state index is 13.5. The van der Waals surface area contributed by atoms with Crippen LogP contribution in [0, 0.1) is 6.92 Å². The molecule has 0 aliphatic rings. The molecule has 0 aliphatic carbocycles. The van der Waals surface area contributed by atoms with Crippen LogP contribution in [0.3, 0.4) is 0 Å². The van der Waals surface area contributed by atoms with Crippen LogP contribution in [0.2, 0.25) is 0 Å². The summed E-state index contributed by atoms with van der Waals surface area (Å²) in [7, 11) is -1.08. The van der Waals surface area contributed by atoms with Crippen LogP contribution < -0.4 is 19.1 Å². The van der Waals surface area contributed by atoms with Gasteiger partial charge in [-0.1, -0.05) is 29.8 Å². The number of rotatable bonds is 12. The molecule has 0 bridgehead atoms. The van der Waals surface area contributed by atoms with E-state index in [1.165, 1.54) is 36.8 Å². The van der Waals surface area contributed by atoms with Gasteiger partial charge in [0.25, 0.3) is 10.0 Å². The molecule has 3 aromatic rings. The molecule has 0 atom stereocenters. The summed E-state index contributed by atoms with van der Waals surface area (Å²) in [6, 6.07) is 21.1. The second-order valence-corrected chi connectivity index (χ2v) is 10.8. The molecule has 0 unspecified atom stereocenters. The molecule has 7 nitrogen and oxygen atoms in total. The maximum Gasteiger partial charge on any atom is 0.264 e. The zero-order valence-electron chi connectivity index (χ0n) is 20.1. The molecule has 9 heteroatoms. The summed E-state index contributed by atoms with van der Waals surface area (Å²) in [4.78, 5) is 14.0. The van der Waals surface area contributed by atoms with Gasteiger partial charge >= 0.3 is 0 Å². The first kappa shape index (κ1) is 26.4. The zero-order chi connectivity index (χ0) is 25.3. The molecular formula is C26H30N2O5S2. The van der Waals surface area contributed by atoms with Gasteiger partial charge in [-0.05, 0) is 67.6 Å². The number of para-hydroxylation sites is 2. The van der Waals surface area contributed by atoms with Gasteiger partial charge in [-0.25, -0.2) is 8.42 Å². The minimum absolute atomic E-state index is 0.0477. The van der Waals surface area contributed by atoms with Crippen molar-refractivity contribution >= 4 is 33.4 Å². The van der Waals surface area contributed by atoms with Crippen molar-refractivity contribution in [3.8, 4) is 11.5 Å². The molecule has 0 saturated carbocycles. The van der Waals surface area contributed by atoms with Gasteiger partial charge in [-0.2, -0.15) is 0 Å². The summed E-state index contributed by atoms with van der Waals surface area (Å²) in [5.41, 5.74) is 1.50. The Bertz CT molecular complexity index is 1210. The molecule has 0 heterocycles. The van der Waals surface area contributed by atoms with Crippen molar-refractivity contribution in [3.63, 3.8) is 0 Å². The minimum atomic E-state index is -4.05. The van der Waals surface area contributed by atoms with Gasteiger partial charge < -0.3 is 14.8 Å². The number of sulfonamides is 1. The summed E-state index contributed by atoms with van der Waals surface area (Å²) in [6.07, 6.45) is 0.754. The maximum absolute atomic E-state index is 13.5. The number of nitrogens with one attached hydrogen (secondary N) is 1. The van der Waals surface area contributed by atoms with E-state index in [9.17, 15) is 13.2 Å². The minimum Gasteiger partial charge on any atom is -0.497 e. The van der Waals surface area contributed by atoms with E-state index >= 15 is 0 Å². The molecule has 1 N–H and O–H groups in total. The second kappa shape index (κ2) is 12.5. The largest absolute Gasteiger partial charge is 0.497 e. The normalized spacial score (nSPS) is 11.1. The van der Waals surface area contributed by atoms with Crippen LogP contribution in [-0.2, 0) is 14.8 Å². The molecule has 0 fully saturated rings. The Labute approximate surface area is 211 Å². The van der Waals surface area contributed by atoms with Gasteiger partial charge in [-0.3, -0.25) is 9.10 Å². The van der Waals surface area contributed by atoms with Gasteiger partial charge in [0.05, 0.1) is 24.8 Å². The number of amides is 1. The van der Waals surface area contributed by atoms with E-state index in [0.717, 1.165) is 16.5 Å². The van der Waals surface area contributed by atoms with Gasteiger partial charge in [0, 0.05) is 11.4 Å². The third-order valence-electron chi connectivity index (χ3n) is 5.22. The summed E-state index contributed by atoms with van der Waals surface area (Å²) in [6.45, 7) is 2.12. The fraction of sp³-hybridized carbons (Fsp3) is 0.269. The smallest absolute Gasteiger partial charge is 0.264 e. The quantitative estimate of drug-likeness (QED) is 0.283. The molecule has 1 amide bonds. The monoisotopic (exact) mass is 514 g/mol. The first-order valence-electron chi connectivity index (χ1n) is 11.1. The third-order valence-corrected chi connectivity index (χ3v) is 8.09. The van der Waals surface area contributed by atoms with Crippen molar-refractivity contribution in [1.29, 1.82) is 0 Å². The topological polar surface area (TPSA) is 84.9 Å². The molecule has 0 saturated heterocycles. The third kappa shape index (κ3) is 7.16. The Kier molecular flexibility index (Phi) is 9.45. The molecule has 0 aliphatic heterocycles. The summed E-state index contributed by atoms with van der Waals surface area (Å²) in [5, 5.41) is 2.84. The lowest BCUT2D eigenvalue weighted by atomic mass is 10.2. The number of carbonyl (C=O) groups is 1. The van der Waals surface area contributed by atoms with Gasteiger partial charge in [-0.15, -0.1) is 11.8 Å². The van der Waals surface area contributed by atoms with Crippen LogP contribution >= 0.6 is 11.8 Å². The van der Waals surface area contributed by atoms with Crippen molar-refractivity contribution in [2.45, 2.75) is 23.1 Å². The highest BCUT2D eigenvalue weighted by atomic mass is 32.2. The number of nitrogens with zero attached hydrogens (tertiary/aromatic N) is 1. The number of ether oxygens (including phenoxy) is 2. The fourth-order valence-corrected chi connectivity index (χ4v) is 5.61. The molecule has 0 spiro atoms. The Balaban J connectivity index is 1.69. The van der Waals surface area contributed by atoms with Crippen LogP contribution in [0.15, 0.2) is 82.6 Å². The van der Waals surface area contributed by atoms with E-state index in [-0.39, 0.29) is 17.1 Å². The van der Waals surface area contributed by atoms with Gasteiger partial charge in [0.1, 0.15) is 18.0 Å². The Morgan fingerprint density at radius 3 is 2.29 bits per heavy atom. The van der Waals surface area contributed by atoms with Crippen LogP contribution in [0.1, 0.15) is 12.0 Å². The van der Waals surface area contributed by atoms with Crippen molar-refractivity contribution < 1.29 is 22.7 Å². The molecular weight excluding hydrogens is 484 g/mol. The number of carbonyl (C=O) groups excluding carboxylic acids is 1. The molecule has 3 rings (SSSR count). The number of benzene rings is 3. The van der Waals surface area contributed by atoms with Gasteiger partial charge in [0.2, 0.25) is 5.91 Å². The number of hydrogen-bond acceptors (Lipinski definition) is 6. The molecule has 0 aromatic heterocycles. The summed E-state index contributed by atoms with van der Waals surface area (Å²) in [5.74, 6) is 1.33. The Morgan fingerprint density at radius 2 is 1.63 bits per heavy atom. The highest BCUT2D eigenvalue weighted by Gasteiger charge is 2.29. The SMILES string of the molecule is COc1ccc(S(=O)(=O)N(CC(=O)NCCCSc2ccc(C)cc2)c2ccccc2OC)cc1. The van der Waals surface area contributed by atoms with E-state index < -0.39 is 15.9 Å². The lowest BCUT2D eigenvalue weighted by Crippen LogP contribution is -2.41. The standard InChI is InChI=1S/C26H30N2O5S2/c1-20-9-13-22(14-10-20)34-18-6-17-27-26(29)19-28(24-7-4-5-8-25(24)33-3)35(30,31)23-15-11-21(32-2)12-16-23/h4-5,7-16H,6,17-19H2,1-3H3,(H,27,29). The Hall–Kier alpha value is -3.17. The number of methoxy groups -OCH3 is 2. The zero-order valence-corrected chi connectivity index (χ0v) is 21.7. The molecule has 35 heavy (non-hydrogen) atoms. The number of anilines is 1. The lowest BCUT2D eigenvalue weighted by molar-refractivity contribution is -0.119. The predicted molar refractivity (Wildman–Crippen MR) is 140 cm³/mol. The van der Waals surface area contributed by atoms with Gasteiger partial charge in [0.15, 0.2) is 0 Å². The average Bonchev–Trinajstić information content (AvgIpc) is 2.88. The average molecular weight is 515 g/mol. The van der Waals surface area contributed by atoms with Crippen molar-refractivity contribution in [2.75, 3.05) is 37.4 Å². The molecule has 3 aromatic carbocycles. The van der Waals surface area contributed by atoms with E-state index in [1.807, 2.05) is 6.92 Å². The first-order chi connectivity index (χ1) is 16.8. The second-order valence-electron chi connectivity index (χ2n) is 7.72. The van der Waals surface area contributed by atoms with E-state index in [0.29, 0.717) is 18.0 Å². The van der Waals surface area contributed by atoms with E-state index in [1.54, 1.807) is 48.2 Å². The van der Waals surface area contributed by atoms with Crippen LogP contribution in [-0.4, -0.2) is 47.4 Å². The summed E-state index contributed by atoms with van der Waals surface area (Å²) >= 11 is 1.72. The number of aryl methyl sites for hydroxylation is 1. The highest BCUT2D eigenvalue weighted by molar-refractivity contribution is 7.99.